The van der Waals surface area contributed by atoms with Crippen molar-refractivity contribution in [2.75, 3.05) is 31.6 Å². The van der Waals surface area contributed by atoms with E-state index in [-0.39, 0.29) is 0 Å². The molecule has 4 nitrogen and oxygen atoms in total. The maximum atomic E-state index is 4.46. The molecular formula is C12H19BrN4. The Morgan fingerprint density at radius 1 is 1.35 bits per heavy atom. The molecule has 0 saturated carbocycles. The van der Waals surface area contributed by atoms with Crippen LogP contribution >= 0.6 is 15.9 Å². The number of nitrogens with zero attached hydrogens (tertiary/aromatic N) is 4. The highest BCUT2D eigenvalue weighted by Crippen LogP contribution is 2.16. The van der Waals surface area contributed by atoms with Crippen LogP contribution in [0.1, 0.15) is 18.9 Å². The average molecular weight is 299 g/mol. The number of aromatic nitrogens is 2. The zero-order chi connectivity index (χ0) is 12.3. The fourth-order valence-corrected chi connectivity index (χ4v) is 2.52. The molecule has 1 aromatic heterocycles. The summed E-state index contributed by atoms with van der Waals surface area (Å²) >= 11 is 3.41. The quantitative estimate of drug-likeness (QED) is 0.781. The monoisotopic (exact) mass is 298 g/mol. The third-order valence-corrected chi connectivity index (χ3v) is 3.80. The lowest BCUT2D eigenvalue weighted by Gasteiger charge is -2.27. The Morgan fingerprint density at radius 3 is 2.71 bits per heavy atom. The highest BCUT2D eigenvalue weighted by molar-refractivity contribution is 9.08. The summed E-state index contributed by atoms with van der Waals surface area (Å²) in [5.74, 6) is 0.859. The van der Waals surface area contributed by atoms with Crippen LogP contribution in [0, 0.1) is 0 Å². The molecule has 0 radical (unpaired) electrons. The summed E-state index contributed by atoms with van der Waals surface area (Å²) in [6.07, 6.45) is 4.97. The molecule has 94 valence electrons. The average Bonchev–Trinajstić information content (AvgIpc) is 2.50. The molecule has 5 heteroatoms. The van der Waals surface area contributed by atoms with Gasteiger partial charge in [0.25, 0.3) is 0 Å². The first-order valence-corrected chi connectivity index (χ1v) is 7.15. The number of likely N-dealkylation sites (N-methyl/N-ethyl adjacent to an activating group) is 1. The highest BCUT2D eigenvalue weighted by atomic mass is 79.9. The molecule has 0 aromatic carbocycles. The van der Waals surface area contributed by atoms with Gasteiger partial charge in [0.05, 0.1) is 0 Å². The van der Waals surface area contributed by atoms with Gasteiger partial charge in [-0.3, -0.25) is 0 Å². The molecule has 1 saturated heterocycles. The SMILES string of the molecule is CC1CN(C)CCCN1c1ncc(CBr)cn1. The number of hydrogen-bond acceptors (Lipinski definition) is 4. The van der Waals surface area contributed by atoms with Gasteiger partial charge in [-0.1, -0.05) is 15.9 Å². The van der Waals surface area contributed by atoms with E-state index >= 15 is 0 Å². The summed E-state index contributed by atoms with van der Waals surface area (Å²) < 4.78 is 0. The molecule has 0 N–H and O–H groups in total. The third-order valence-electron chi connectivity index (χ3n) is 3.15. The normalized spacial score (nSPS) is 22.5. The summed E-state index contributed by atoms with van der Waals surface area (Å²) in [7, 11) is 2.18. The number of rotatable bonds is 2. The minimum absolute atomic E-state index is 0.470. The number of hydrogen-bond donors (Lipinski definition) is 0. The zero-order valence-electron chi connectivity index (χ0n) is 10.4. The molecule has 17 heavy (non-hydrogen) atoms. The van der Waals surface area contributed by atoms with E-state index < -0.39 is 0 Å². The number of anilines is 1. The van der Waals surface area contributed by atoms with Crippen LogP contribution in [0.4, 0.5) is 5.95 Å². The van der Waals surface area contributed by atoms with Crippen LogP contribution in [0.25, 0.3) is 0 Å². The van der Waals surface area contributed by atoms with E-state index in [1.807, 2.05) is 12.4 Å². The number of alkyl halides is 1. The predicted octanol–water partition coefficient (Wildman–Crippen LogP) is 1.90. The van der Waals surface area contributed by atoms with E-state index in [1.165, 1.54) is 6.42 Å². The molecule has 1 aliphatic heterocycles. The lowest BCUT2D eigenvalue weighted by molar-refractivity contribution is 0.337. The largest absolute Gasteiger partial charge is 0.337 e. The molecule has 1 fully saturated rings. The Morgan fingerprint density at radius 2 is 2.06 bits per heavy atom. The fraction of sp³-hybridized carbons (Fsp3) is 0.667. The van der Waals surface area contributed by atoms with Crippen molar-refractivity contribution >= 4 is 21.9 Å². The predicted molar refractivity (Wildman–Crippen MR) is 73.6 cm³/mol. The van der Waals surface area contributed by atoms with E-state index in [0.29, 0.717) is 6.04 Å². The van der Waals surface area contributed by atoms with E-state index in [9.17, 15) is 0 Å². The maximum absolute atomic E-state index is 4.46. The van der Waals surface area contributed by atoms with Crippen LogP contribution in [0.2, 0.25) is 0 Å². The first-order valence-electron chi connectivity index (χ1n) is 6.03. The van der Waals surface area contributed by atoms with Crippen molar-refractivity contribution in [3.63, 3.8) is 0 Å². The molecule has 1 unspecified atom stereocenters. The van der Waals surface area contributed by atoms with Crippen LogP contribution in [0.5, 0.6) is 0 Å². The summed E-state index contributed by atoms with van der Waals surface area (Å²) in [4.78, 5) is 13.6. The topological polar surface area (TPSA) is 32.3 Å². The van der Waals surface area contributed by atoms with Gasteiger partial charge >= 0.3 is 0 Å². The summed E-state index contributed by atoms with van der Waals surface area (Å²) in [6.45, 7) is 5.51. The van der Waals surface area contributed by atoms with Crippen molar-refractivity contribution in [3.8, 4) is 0 Å². The van der Waals surface area contributed by atoms with Gasteiger partial charge < -0.3 is 9.80 Å². The van der Waals surface area contributed by atoms with E-state index in [4.69, 9.17) is 0 Å². The highest BCUT2D eigenvalue weighted by Gasteiger charge is 2.21. The van der Waals surface area contributed by atoms with Gasteiger partial charge in [0.1, 0.15) is 0 Å². The number of halogens is 1. The summed E-state index contributed by atoms with van der Waals surface area (Å²) in [5.41, 5.74) is 1.12. The Labute approximate surface area is 111 Å². The summed E-state index contributed by atoms with van der Waals surface area (Å²) in [5, 5.41) is 0.811. The second-order valence-corrected chi connectivity index (χ2v) is 5.24. The van der Waals surface area contributed by atoms with E-state index in [1.54, 1.807) is 0 Å². The molecule has 0 spiro atoms. The fourth-order valence-electron chi connectivity index (χ4n) is 2.23. The van der Waals surface area contributed by atoms with Crippen molar-refractivity contribution in [2.45, 2.75) is 24.7 Å². The van der Waals surface area contributed by atoms with Crippen molar-refractivity contribution < 1.29 is 0 Å². The van der Waals surface area contributed by atoms with Gasteiger partial charge in [-0.2, -0.15) is 0 Å². The molecule has 1 atom stereocenters. The molecule has 1 aromatic rings. The van der Waals surface area contributed by atoms with Gasteiger partial charge in [-0.05, 0) is 32.5 Å². The molecule has 2 heterocycles. The minimum atomic E-state index is 0.470. The Hall–Kier alpha value is -0.680. The van der Waals surface area contributed by atoms with Crippen molar-refractivity contribution in [1.29, 1.82) is 0 Å². The second-order valence-electron chi connectivity index (χ2n) is 4.68. The van der Waals surface area contributed by atoms with Crippen LogP contribution in [0.15, 0.2) is 12.4 Å². The minimum Gasteiger partial charge on any atom is -0.337 e. The molecule has 0 aliphatic carbocycles. The third kappa shape index (κ3) is 3.16. The Kier molecular flexibility index (Phi) is 4.34. The van der Waals surface area contributed by atoms with Gasteiger partial charge in [-0.15, -0.1) is 0 Å². The molecule has 0 amide bonds. The smallest absolute Gasteiger partial charge is 0.225 e. The van der Waals surface area contributed by atoms with Crippen LogP contribution in [-0.2, 0) is 5.33 Å². The molecule has 1 aliphatic rings. The van der Waals surface area contributed by atoms with Gasteiger partial charge in [0, 0.05) is 36.9 Å². The van der Waals surface area contributed by atoms with Gasteiger partial charge in [-0.25, -0.2) is 9.97 Å². The van der Waals surface area contributed by atoms with Gasteiger partial charge in [0.15, 0.2) is 0 Å². The summed E-state index contributed by atoms with van der Waals surface area (Å²) in [6, 6.07) is 0.470. The molecule has 0 bridgehead atoms. The van der Waals surface area contributed by atoms with E-state index in [0.717, 1.165) is 36.5 Å². The van der Waals surface area contributed by atoms with Crippen molar-refractivity contribution in [1.82, 2.24) is 14.9 Å². The van der Waals surface area contributed by atoms with Crippen LogP contribution in [-0.4, -0.2) is 47.6 Å². The Bertz CT molecular complexity index is 354. The first-order chi connectivity index (χ1) is 8.20. The lowest BCUT2D eigenvalue weighted by Crippen LogP contribution is -2.38. The van der Waals surface area contributed by atoms with Crippen molar-refractivity contribution in [2.24, 2.45) is 0 Å². The molecular weight excluding hydrogens is 280 g/mol. The zero-order valence-corrected chi connectivity index (χ0v) is 12.0. The van der Waals surface area contributed by atoms with E-state index in [2.05, 4.69) is 49.7 Å². The standard InChI is InChI=1S/C12H19BrN4/c1-10-9-16(2)4-3-5-17(10)12-14-7-11(6-13)8-15-12/h7-8,10H,3-6,9H2,1-2H3. The maximum Gasteiger partial charge on any atom is 0.225 e. The lowest BCUT2D eigenvalue weighted by atomic mass is 10.3. The first kappa shape index (κ1) is 12.8. The second kappa shape index (κ2) is 5.78. The van der Waals surface area contributed by atoms with Crippen LogP contribution < -0.4 is 4.90 Å². The molecule has 2 rings (SSSR count). The van der Waals surface area contributed by atoms with Crippen LogP contribution in [0.3, 0.4) is 0 Å². The Balaban J connectivity index is 2.13. The van der Waals surface area contributed by atoms with Gasteiger partial charge in [0.2, 0.25) is 5.95 Å². The van der Waals surface area contributed by atoms with Crippen molar-refractivity contribution in [3.05, 3.63) is 18.0 Å².